The predicted molar refractivity (Wildman–Crippen MR) is 107 cm³/mol. The van der Waals surface area contributed by atoms with Gasteiger partial charge in [0.2, 0.25) is 6.29 Å². The number of ether oxygens (including phenoxy) is 3. The topological polar surface area (TPSA) is 159 Å². The quantitative estimate of drug-likeness (QED) is 0.358. The van der Waals surface area contributed by atoms with Gasteiger partial charge in [-0.2, -0.15) is 0 Å². The number of phenols is 1. The van der Waals surface area contributed by atoms with E-state index >= 15 is 0 Å². The van der Waals surface area contributed by atoms with E-state index in [1.165, 1.54) is 25.3 Å². The lowest BCUT2D eigenvalue weighted by molar-refractivity contribution is -0.277. The number of aryl methyl sites for hydroxylation is 1. The first-order valence-corrected chi connectivity index (χ1v) is 9.50. The normalized spacial score (nSPS) is 26.3. The molecular weight excluding hydrogens is 412 g/mol. The van der Waals surface area contributed by atoms with Crippen molar-refractivity contribution < 1.29 is 44.2 Å². The highest BCUT2D eigenvalue weighted by atomic mass is 16.7. The average Bonchev–Trinajstić information content (AvgIpc) is 2.72. The van der Waals surface area contributed by atoms with E-state index in [9.17, 15) is 30.3 Å². The molecule has 0 aliphatic carbocycles. The largest absolute Gasteiger partial charge is 0.507 e. The summed E-state index contributed by atoms with van der Waals surface area (Å²) in [6.45, 7) is 0.965. The highest BCUT2D eigenvalue weighted by Crippen LogP contribution is 2.40. The Bertz CT molecular complexity index is 1180. The van der Waals surface area contributed by atoms with Crippen LogP contribution in [-0.2, 0) is 4.74 Å². The van der Waals surface area contributed by atoms with E-state index in [-0.39, 0.29) is 22.5 Å². The second-order valence-corrected chi connectivity index (χ2v) is 7.36. The van der Waals surface area contributed by atoms with Crippen molar-refractivity contribution in [3.05, 3.63) is 40.2 Å². The molecule has 3 aromatic rings. The summed E-state index contributed by atoms with van der Waals surface area (Å²) < 4.78 is 22.3. The fourth-order valence-corrected chi connectivity index (χ4v) is 3.72. The van der Waals surface area contributed by atoms with Gasteiger partial charge in [-0.1, -0.05) is 0 Å². The minimum atomic E-state index is -1.64. The van der Waals surface area contributed by atoms with Gasteiger partial charge in [0.15, 0.2) is 11.0 Å². The van der Waals surface area contributed by atoms with E-state index in [1.54, 1.807) is 13.0 Å². The molecule has 10 nitrogen and oxygen atoms in total. The average molecular weight is 434 g/mol. The van der Waals surface area contributed by atoms with Gasteiger partial charge < -0.3 is 44.2 Å². The molecule has 1 aromatic heterocycles. The molecule has 2 heterocycles. The second kappa shape index (κ2) is 7.98. The molecule has 1 saturated heterocycles. The SMILES string of the molecule is COc1cc(O[C@@H]2O[C@H](CO)[C@@H](O)[C@H](O)[C@H]2O)c2c(c1)cc(O)c1c(=O)cc(C)oc12. The monoisotopic (exact) mass is 434 g/mol. The minimum absolute atomic E-state index is 0.0538. The van der Waals surface area contributed by atoms with E-state index < -0.39 is 42.7 Å². The van der Waals surface area contributed by atoms with Crippen molar-refractivity contribution in [3.63, 3.8) is 0 Å². The van der Waals surface area contributed by atoms with Crippen molar-refractivity contribution in [2.45, 2.75) is 37.6 Å². The second-order valence-electron chi connectivity index (χ2n) is 7.36. The maximum absolute atomic E-state index is 12.5. The van der Waals surface area contributed by atoms with Crippen LogP contribution in [0.1, 0.15) is 5.76 Å². The molecule has 166 valence electrons. The summed E-state index contributed by atoms with van der Waals surface area (Å²) in [5, 5.41) is 50.8. The van der Waals surface area contributed by atoms with Crippen LogP contribution in [0.2, 0.25) is 0 Å². The Morgan fingerprint density at radius 1 is 1.03 bits per heavy atom. The lowest BCUT2D eigenvalue weighted by atomic mass is 9.99. The molecule has 0 saturated carbocycles. The smallest absolute Gasteiger partial charge is 0.229 e. The fourth-order valence-electron chi connectivity index (χ4n) is 3.72. The molecule has 10 heteroatoms. The van der Waals surface area contributed by atoms with E-state index in [2.05, 4.69) is 0 Å². The summed E-state index contributed by atoms with van der Waals surface area (Å²) in [7, 11) is 1.42. The number of aliphatic hydroxyl groups is 4. The summed E-state index contributed by atoms with van der Waals surface area (Å²) in [5.41, 5.74) is -0.394. The molecule has 5 atom stereocenters. The summed E-state index contributed by atoms with van der Waals surface area (Å²) in [4.78, 5) is 12.5. The van der Waals surface area contributed by atoms with Crippen LogP contribution in [0, 0.1) is 6.92 Å². The van der Waals surface area contributed by atoms with Crippen molar-refractivity contribution in [1.82, 2.24) is 0 Å². The maximum Gasteiger partial charge on any atom is 0.229 e. The summed E-state index contributed by atoms with van der Waals surface area (Å²) in [5.74, 6) is 0.417. The number of rotatable bonds is 4. The molecule has 0 unspecified atom stereocenters. The van der Waals surface area contributed by atoms with Gasteiger partial charge in [0.05, 0.1) is 19.1 Å². The Balaban J connectivity index is 1.92. The number of phenolic OH excluding ortho intramolecular Hbond substituents is 1. The van der Waals surface area contributed by atoms with Crippen molar-refractivity contribution in [3.8, 4) is 17.2 Å². The third-order valence-electron chi connectivity index (χ3n) is 5.28. The third-order valence-corrected chi connectivity index (χ3v) is 5.28. The number of methoxy groups -OCH3 is 1. The third kappa shape index (κ3) is 3.58. The summed E-state index contributed by atoms with van der Waals surface area (Å²) in [6, 6.07) is 5.65. The molecule has 4 rings (SSSR count). The van der Waals surface area contributed by atoms with Gasteiger partial charge in [0.1, 0.15) is 52.8 Å². The van der Waals surface area contributed by atoms with Crippen molar-refractivity contribution in [2.24, 2.45) is 0 Å². The van der Waals surface area contributed by atoms with Crippen LogP contribution in [0.15, 0.2) is 33.5 Å². The number of hydrogen-bond donors (Lipinski definition) is 5. The zero-order valence-corrected chi connectivity index (χ0v) is 16.7. The van der Waals surface area contributed by atoms with Crippen LogP contribution in [0.4, 0.5) is 0 Å². The molecule has 1 aliphatic rings. The van der Waals surface area contributed by atoms with Crippen molar-refractivity contribution in [2.75, 3.05) is 13.7 Å². The Kier molecular flexibility index (Phi) is 5.50. The molecule has 0 radical (unpaired) electrons. The van der Waals surface area contributed by atoms with Gasteiger partial charge in [0.25, 0.3) is 0 Å². The standard InChI is InChI=1S/C21H22O10/c1-8-3-11(23)16-12(24)5-9-4-10(28-2)6-13(15(9)20(16)29-8)30-21-19(27)18(26)17(25)14(7-22)31-21/h3-6,14,17-19,21-22,24-27H,7H2,1-2H3/t14-,17-,18+,19-,21-/m1/s1. The number of aliphatic hydroxyl groups excluding tert-OH is 4. The van der Waals surface area contributed by atoms with Crippen LogP contribution < -0.4 is 14.9 Å². The number of fused-ring (bicyclic) bond motifs is 3. The van der Waals surface area contributed by atoms with E-state index in [0.29, 0.717) is 22.3 Å². The Labute approximate surface area is 175 Å². The molecule has 1 fully saturated rings. The lowest BCUT2D eigenvalue weighted by Crippen LogP contribution is -2.60. The van der Waals surface area contributed by atoms with Crippen LogP contribution >= 0.6 is 0 Å². The Morgan fingerprint density at radius 2 is 1.77 bits per heavy atom. The van der Waals surface area contributed by atoms with Gasteiger partial charge in [0, 0.05) is 12.1 Å². The van der Waals surface area contributed by atoms with Gasteiger partial charge in [-0.25, -0.2) is 0 Å². The molecule has 31 heavy (non-hydrogen) atoms. The summed E-state index contributed by atoms with van der Waals surface area (Å²) >= 11 is 0. The first-order chi connectivity index (χ1) is 14.7. The van der Waals surface area contributed by atoms with Gasteiger partial charge in [-0.05, 0) is 24.4 Å². The molecule has 0 spiro atoms. The summed E-state index contributed by atoms with van der Waals surface area (Å²) in [6.07, 6.45) is -7.45. The molecule has 0 amide bonds. The van der Waals surface area contributed by atoms with Crippen molar-refractivity contribution >= 4 is 21.7 Å². The van der Waals surface area contributed by atoms with Crippen LogP contribution in [-0.4, -0.2) is 70.0 Å². The van der Waals surface area contributed by atoms with Crippen molar-refractivity contribution in [1.29, 1.82) is 0 Å². The highest BCUT2D eigenvalue weighted by molar-refractivity contribution is 6.10. The number of aromatic hydroxyl groups is 1. The van der Waals surface area contributed by atoms with Crippen LogP contribution in [0.25, 0.3) is 21.7 Å². The molecule has 0 bridgehead atoms. The number of benzene rings is 2. The fraction of sp³-hybridized carbons (Fsp3) is 0.381. The maximum atomic E-state index is 12.5. The Morgan fingerprint density at radius 3 is 2.45 bits per heavy atom. The molecule has 5 N–H and O–H groups in total. The first-order valence-electron chi connectivity index (χ1n) is 9.50. The molecular formula is C21H22O10. The zero-order valence-electron chi connectivity index (χ0n) is 16.7. The van der Waals surface area contributed by atoms with Gasteiger partial charge in [-0.3, -0.25) is 4.79 Å². The van der Waals surface area contributed by atoms with Crippen LogP contribution in [0.3, 0.4) is 0 Å². The van der Waals surface area contributed by atoms with E-state index in [0.717, 1.165) is 0 Å². The van der Waals surface area contributed by atoms with Crippen LogP contribution in [0.5, 0.6) is 17.2 Å². The molecule has 2 aromatic carbocycles. The highest BCUT2D eigenvalue weighted by Gasteiger charge is 2.45. The van der Waals surface area contributed by atoms with E-state index in [1.807, 2.05) is 0 Å². The number of hydrogen-bond acceptors (Lipinski definition) is 10. The van der Waals surface area contributed by atoms with Gasteiger partial charge in [-0.15, -0.1) is 0 Å². The Hall–Kier alpha value is -2.89. The minimum Gasteiger partial charge on any atom is -0.507 e. The van der Waals surface area contributed by atoms with E-state index in [4.69, 9.17) is 18.6 Å². The van der Waals surface area contributed by atoms with Gasteiger partial charge >= 0.3 is 0 Å². The molecule has 1 aliphatic heterocycles. The zero-order chi connectivity index (χ0) is 22.4. The predicted octanol–water partition coefficient (Wildman–Crippen LogP) is 0.148. The first kappa shape index (κ1) is 21.3. The lowest BCUT2D eigenvalue weighted by Gasteiger charge is -2.39.